The maximum Gasteiger partial charge on any atom is 0.236 e. The Morgan fingerprint density at radius 2 is 1.85 bits per heavy atom. The molecule has 1 atom stereocenters. The van der Waals surface area contributed by atoms with Gasteiger partial charge in [-0.3, -0.25) is 9.69 Å². The first-order valence-corrected chi connectivity index (χ1v) is 8.36. The zero-order valence-electron chi connectivity index (χ0n) is 13.2. The van der Waals surface area contributed by atoms with Crippen molar-refractivity contribution in [2.24, 2.45) is 0 Å². The predicted octanol–water partition coefficient (Wildman–Crippen LogP) is 1.85. The van der Waals surface area contributed by atoms with E-state index in [-0.39, 0.29) is 0 Å². The Morgan fingerprint density at radius 3 is 2.55 bits per heavy atom. The summed E-state index contributed by atoms with van der Waals surface area (Å²) in [6.45, 7) is 2.69. The van der Waals surface area contributed by atoms with Gasteiger partial charge < -0.3 is 10.2 Å². The highest BCUT2D eigenvalue weighted by Crippen LogP contribution is 2.22. The molecule has 0 bridgehead atoms. The molecule has 1 saturated carbocycles. The number of likely N-dealkylation sites (N-methyl/N-ethyl adjacent to an activating group) is 2. The van der Waals surface area contributed by atoms with E-state index in [9.17, 15) is 4.79 Å². The third-order valence-corrected chi connectivity index (χ3v) is 5.04. The molecular weight excluding hydrogens is 250 g/mol. The molecule has 1 amide bonds. The van der Waals surface area contributed by atoms with E-state index in [1.165, 1.54) is 51.4 Å². The van der Waals surface area contributed by atoms with Gasteiger partial charge in [-0.1, -0.05) is 25.7 Å². The number of rotatable bonds is 5. The number of carbonyl (C=O) groups is 1. The molecule has 2 fully saturated rings. The van der Waals surface area contributed by atoms with E-state index in [1.54, 1.807) is 0 Å². The molecule has 1 unspecified atom stereocenters. The van der Waals surface area contributed by atoms with Crippen LogP contribution in [0.1, 0.15) is 51.4 Å². The first kappa shape index (κ1) is 15.8. The minimum absolute atomic E-state index is 0.319. The van der Waals surface area contributed by atoms with Crippen molar-refractivity contribution in [3.8, 4) is 0 Å². The molecular formula is C16H31N3O. The molecule has 4 nitrogen and oxygen atoms in total. The highest BCUT2D eigenvalue weighted by Gasteiger charge is 2.27. The van der Waals surface area contributed by atoms with Crippen LogP contribution in [0.5, 0.6) is 0 Å². The summed E-state index contributed by atoms with van der Waals surface area (Å²) in [4.78, 5) is 16.9. The fourth-order valence-corrected chi connectivity index (χ4v) is 3.69. The van der Waals surface area contributed by atoms with E-state index in [2.05, 4.69) is 10.2 Å². The molecule has 0 aromatic heterocycles. The summed E-state index contributed by atoms with van der Waals surface area (Å²) in [5, 5.41) is 3.27. The van der Waals surface area contributed by atoms with Crippen LogP contribution in [0, 0.1) is 0 Å². The monoisotopic (exact) mass is 281 g/mol. The van der Waals surface area contributed by atoms with Gasteiger partial charge in [0, 0.05) is 25.7 Å². The SMILES string of the molecule is CNCC1CCCCN1CC(=O)N(C)C1CCCCC1. The smallest absolute Gasteiger partial charge is 0.236 e. The van der Waals surface area contributed by atoms with Crippen LogP contribution in [0.25, 0.3) is 0 Å². The largest absolute Gasteiger partial charge is 0.342 e. The lowest BCUT2D eigenvalue weighted by atomic mass is 9.94. The molecule has 0 spiro atoms. The summed E-state index contributed by atoms with van der Waals surface area (Å²) in [6.07, 6.45) is 10.1. The quantitative estimate of drug-likeness (QED) is 0.835. The van der Waals surface area contributed by atoms with Crippen molar-refractivity contribution in [1.82, 2.24) is 15.1 Å². The van der Waals surface area contributed by atoms with Crippen LogP contribution in [-0.4, -0.2) is 61.5 Å². The Kier molecular flexibility index (Phi) is 6.30. The van der Waals surface area contributed by atoms with Crippen LogP contribution in [-0.2, 0) is 4.79 Å². The Labute approximate surface area is 123 Å². The van der Waals surface area contributed by atoms with Gasteiger partial charge in [-0.2, -0.15) is 0 Å². The van der Waals surface area contributed by atoms with Crippen molar-refractivity contribution in [1.29, 1.82) is 0 Å². The Balaban J connectivity index is 1.84. The number of hydrogen-bond donors (Lipinski definition) is 1. The van der Waals surface area contributed by atoms with E-state index in [4.69, 9.17) is 0 Å². The molecule has 1 aliphatic carbocycles. The molecule has 2 rings (SSSR count). The lowest BCUT2D eigenvalue weighted by Gasteiger charge is -2.38. The third kappa shape index (κ3) is 4.19. The maximum atomic E-state index is 12.5. The standard InChI is InChI=1S/C16H31N3O/c1-17-12-15-10-6-7-11-19(15)13-16(20)18(2)14-8-4-3-5-9-14/h14-15,17H,3-13H2,1-2H3. The van der Waals surface area contributed by atoms with Crippen LogP contribution in [0.4, 0.5) is 0 Å². The topological polar surface area (TPSA) is 35.6 Å². The highest BCUT2D eigenvalue weighted by molar-refractivity contribution is 5.78. The minimum Gasteiger partial charge on any atom is -0.342 e. The molecule has 0 aromatic carbocycles. The summed E-state index contributed by atoms with van der Waals surface area (Å²) >= 11 is 0. The van der Waals surface area contributed by atoms with Gasteiger partial charge in [0.15, 0.2) is 0 Å². The average molecular weight is 281 g/mol. The Morgan fingerprint density at radius 1 is 1.15 bits per heavy atom. The molecule has 0 radical (unpaired) electrons. The van der Waals surface area contributed by atoms with E-state index < -0.39 is 0 Å². The first-order valence-electron chi connectivity index (χ1n) is 8.36. The fourth-order valence-electron chi connectivity index (χ4n) is 3.69. The molecule has 1 N–H and O–H groups in total. The summed E-state index contributed by atoms with van der Waals surface area (Å²) < 4.78 is 0. The number of nitrogens with one attached hydrogen (secondary N) is 1. The van der Waals surface area contributed by atoms with Crippen LogP contribution >= 0.6 is 0 Å². The molecule has 20 heavy (non-hydrogen) atoms. The van der Waals surface area contributed by atoms with Gasteiger partial charge in [-0.05, 0) is 39.3 Å². The molecule has 4 heteroatoms. The second-order valence-corrected chi connectivity index (χ2v) is 6.47. The van der Waals surface area contributed by atoms with Crippen LogP contribution in [0.2, 0.25) is 0 Å². The number of hydrogen-bond acceptors (Lipinski definition) is 3. The normalized spacial score (nSPS) is 25.6. The molecule has 2 aliphatic rings. The number of amides is 1. The van der Waals surface area contributed by atoms with Crippen LogP contribution < -0.4 is 5.32 Å². The molecule has 116 valence electrons. The van der Waals surface area contributed by atoms with Crippen molar-refractivity contribution in [3.63, 3.8) is 0 Å². The predicted molar refractivity (Wildman–Crippen MR) is 82.8 cm³/mol. The number of nitrogens with zero attached hydrogens (tertiary/aromatic N) is 2. The fraction of sp³-hybridized carbons (Fsp3) is 0.938. The van der Waals surface area contributed by atoms with Crippen molar-refractivity contribution in [3.05, 3.63) is 0 Å². The summed E-state index contributed by atoms with van der Waals surface area (Å²) in [5.41, 5.74) is 0. The average Bonchev–Trinajstić information content (AvgIpc) is 2.49. The molecule has 1 heterocycles. The molecule has 1 aliphatic heterocycles. The highest BCUT2D eigenvalue weighted by atomic mass is 16.2. The minimum atomic E-state index is 0.319. The van der Waals surface area contributed by atoms with Gasteiger partial charge >= 0.3 is 0 Å². The summed E-state index contributed by atoms with van der Waals surface area (Å²) in [6, 6.07) is 1.03. The maximum absolute atomic E-state index is 12.5. The van der Waals surface area contributed by atoms with Gasteiger partial charge in [0.2, 0.25) is 5.91 Å². The van der Waals surface area contributed by atoms with Crippen molar-refractivity contribution < 1.29 is 4.79 Å². The Hall–Kier alpha value is -0.610. The zero-order chi connectivity index (χ0) is 14.4. The van der Waals surface area contributed by atoms with E-state index in [0.29, 0.717) is 24.5 Å². The van der Waals surface area contributed by atoms with Crippen LogP contribution in [0.3, 0.4) is 0 Å². The van der Waals surface area contributed by atoms with Crippen molar-refractivity contribution in [2.75, 3.05) is 33.7 Å². The van der Waals surface area contributed by atoms with Gasteiger partial charge in [0.25, 0.3) is 0 Å². The lowest BCUT2D eigenvalue weighted by Crippen LogP contribution is -2.50. The van der Waals surface area contributed by atoms with E-state index in [1.807, 2.05) is 19.0 Å². The summed E-state index contributed by atoms with van der Waals surface area (Å²) in [5.74, 6) is 0.319. The second kappa shape index (κ2) is 7.99. The first-order chi connectivity index (χ1) is 9.72. The lowest BCUT2D eigenvalue weighted by molar-refractivity contribution is -0.134. The zero-order valence-corrected chi connectivity index (χ0v) is 13.2. The third-order valence-electron chi connectivity index (χ3n) is 5.04. The molecule has 0 aromatic rings. The summed E-state index contributed by atoms with van der Waals surface area (Å²) in [7, 11) is 4.01. The Bertz CT molecular complexity index is 300. The molecule has 1 saturated heterocycles. The van der Waals surface area contributed by atoms with Gasteiger partial charge in [-0.15, -0.1) is 0 Å². The van der Waals surface area contributed by atoms with Crippen LogP contribution in [0.15, 0.2) is 0 Å². The number of likely N-dealkylation sites (tertiary alicyclic amines) is 1. The van der Waals surface area contributed by atoms with Gasteiger partial charge in [0.05, 0.1) is 6.54 Å². The van der Waals surface area contributed by atoms with E-state index in [0.717, 1.165) is 13.1 Å². The van der Waals surface area contributed by atoms with Crippen molar-refractivity contribution >= 4 is 5.91 Å². The second-order valence-electron chi connectivity index (χ2n) is 6.47. The van der Waals surface area contributed by atoms with E-state index >= 15 is 0 Å². The number of carbonyl (C=O) groups excluding carboxylic acids is 1. The van der Waals surface area contributed by atoms with Gasteiger partial charge in [-0.25, -0.2) is 0 Å². The van der Waals surface area contributed by atoms with Crippen molar-refractivity contribution in [2.45, 2.75) is 63.5 Å². The number of piperidine rings is 1. The van der Waals surface area contributed by atoms with Gasteiger partial charge in [0.1, 0.15) is 0 Å².